The second kappa shape index (κ2) is 10.3. The predicted octanol–water partition coefficient (Wildman–Crippen LogP) is 4.81. The minimum Gasteiger partial charge on any atom is -0.493 e. The SMILES string of the molecule is C=C(C)C(=O)Oc1cc(-c2ccc(OC(=O)C(=C)C)c(OC(=O)C(=C)C)c2)ccc1OC. The number of benzene rings is 2. The molecule has 7 heteroatoms. The Morgan fingerprint density at radius 2 is 0.938 bits per heavy atom. The van der Waals surface area contributed by atoms with Gasteiger partial charge in [-0.15, -0.1) is 0 Å². The minimum atomic E-state index is -0.680. The van der Waals surface area contributed by atoms with Gasteiger partial charge in [0.25, 0.3) is 0 Å². The van der Waals surface area contributed by atoms with Crippen molar-refractivity contribution in [1.29, 1.82) is 0 Å². The topological polar surface area (TPSA) is 88.1 Å². The Bertz CT molecular complexity index is 1130. The highest BCUT2D eigenvalue weighted by molar-refractivity contribution is 5.92. The predicted molar refractivity (Wildman–Crippen MR) is 120 cm³/mol. The van der Waals surface area contributed by atoms with Crippen LogP contribution in [0.5, 0.6) is 23.0 Å². The van der Waals surface area contributed by atoms with Gasteiger partial charge in [-0.3, -0.25) is 0 Å². The average Bonchev–Trinajstić information content (AvgIpc) is 2.74. The van der Waals surface area contributed by atoms with Crippen LogP contribution in [0.25, 0.3) is 11.1 Å². The van der Waals surface area contributed by atoms with E-state index >= 15 is 0 Å². The molecule has 166 valence electrons. The summed E-state index contributed by atoms with van der Waals surface area (Å²) in [5.74, 6) is -1.34. The Kier molecular flexibility index (Phi) is 7.74. The Morgan fingerprint density at radius 1 is 0.594 bits per heavy atom. The molecule has 2 rings (SSSR count). The van der Waals surface area contributed by atoms with Crippen LogP contribution >= 0.6 is 0 Å². The lowest BCUT2D eigenvalue weighted by molar-refractivity contribution is -0.132. The van der Waals surface area contributed by atoms with Crippen molar-refractivity contribution in [3.05, 3.63) is 72.9 Å². The number of hydrogen-bond donors (Lipinski definition) is 0. The van der Waals surface area contributed by atoms with Crippen molar-refractivity contribution in [2.75, 3.05) is 7.11 Å². The third kappa shape index (κ3) is 5.95. The van der Waals surface area contributed by atoms with Gasteiger partial charge in [-0.2, -0.15) is 0 Å². The fourth-order valence-corrected chi connectivity index (χ4v) is 2.35. The number of carbonyl (C=O) groups is 3. The van der Waals surface area contributed by atoms with Crippen LogP contribution in [0.2, 0.25) is 0 Å². The number of hydrogen-bond acceptors (Lipinski definition) is 7. The summed E-state index contributed by atoms with van der Waals surface area (Å²) in [7, 11) is 1.45. The summed E-state index contributed by atoms with van der Waals surface area (Å²) in [6.45, 7) is 15.2. The van der Waals surface area contributed by atoms with Crippen LogP contribution in [-0.2, 0) is 14.4 Å². The normalized spacial score (nSPS) is 10.0. The van der Waals surface area contributed by atoms with Crippen molar-refractivity contribution >= 4 is 17.9 Å². The van der Waals surface area contributed by atoms with Crippen molar-refractivity contribution in [3.63, 3.8) is 0 Å². The molecule has 0 fully saturated rings. The van der Waals surface area contributed by atoms with E-state index in [4.69, 9.17) is 18.9 Å². The van der Waals surface area contributed by atoms with Crippen LogP contribution in [0.4, 0.5) is 0 Å². The van der Waals surface area contributed by atoms with Gasteiger partial charge < -0.3 is 18.9 Å². The monoisotopic (exact) mass is 436 g/mol. The molecule has 7 nitrogen and oxygen atoms in total. The molecular formula is C25H24O7. The zero-order valence-corrected chi connectivity index (χ0v) is 18.4. The third-order valence-corrected chi connectivity index (χ3v) is 4.09. The molecule has 32 heavy (non-hydrogen) atoms. The molecule has 0 heterocycles. The molecule has 0 spiro atoms. The second-order valence-electron chi connectivity index (χ2n) is 7.04. The van der Waals surface area contributed by atoms with Gasteiger partial charge in [0.2, 0.25) is 0 Å². The Labute approximate surface area is 186 Å². The second-order valence-corrected chi connectivity index (χ2v) is 7.04. The maximum absolute atomic E-state index is 12.1. The minimum absolute atomic E-state index is 0.0152. The van der Waals surface area contributed by atoms with Gasteiger partial charge in [-0.25, -0.2) is 14.4 Å². The molecule has 0 bridgehead atoms. The molecule has 0 saturated heterocycles. The van der Waals surface area contributed by atoms with Crippen molar-refractivity contribution in [1.82, 2.24) is 0 Å². The molecule has 0 aliphatic carbocycles. The highest BCUT2D eigenvalue weighted by Gasteiger charge is 2.18. The summed E-state index contributed by atoms with van der Waals surface area (Å²) in [6.07, 6.45) is 0. The van der Waals surface area contributed by atoms with Crippen LogP contribution < -0.4 is 18.9 Å². The van der Waals surface area contributed by atoms with Gasteiger partial charge in [-0.1, -0.05) is 31.9 Å². The molecule has 0 aliphatic rings. The number of ether oxygens (including phenoxy) is 4. The number of rotatable bonds is 8. The van der Waals surface area contributed by atoms with Gasteiger partial charge in [0.15, 0.2) is 23.0 Å². The zero-order valence-electron chi connectivity index (χ0n) is 18.4. The van der Waals surface area contributed by atoms with Crippen LogP contribution in [0.3, 0.4) is 0 Å². The highest BCUT2D eigenvalue weighted by Crippen LogP contribution is 2.37. The first-order valence-corrected chi connectivity index (χ1v) is 9.49. The van der Waals surface area contributed by atoms with Crippen molar-refractivity contribution < 1.29 is 33.3 Å². The maximum atomic E-state index is 12.1. The lowest BCUT2D eigenvalue weighted by Crippen LogP contribution is -2.12. The van der Waals surface area contributed by atoms with Crippen molar-refractivity contribution in [3.8, 4) is 34.1 Å². The number of esters is 3. The zero-order chi connectivity index (χ0) is 24.0. The first-order valence-electron chi connectivity index (χ1n) is 9.49. The summed E-state index contributed by atoms with van der Waals surface area (Å²) < 4.78 is 21.2. The molecule has 0 aliphatic heterocycles. The lowest BCUT2D eigenvalue weighted by Gasteiger charge is -2.14. The first kappa shape index (κ1) is 24.1. The Balaban J connectivity index is 2.52. The van der Waals surface area contributed by atoms with Gasteiger partial charge in [0.05, 0.1) is 7.11 Å². The first-order chi connectivity index (χ1) is 15.0. The van der Waals surface area contributed by atoms with Gasteiger partial charge >= 0.3 is 17.9 Å². The van der Waals surface area contributed by atoms with E-state index in [0.29, 0.717) is 16.9 Å². The van der Waals surface area contributed by atoms with Crippen molar-refractivity contribution in [2.24, 2.45) is 0 Å². The van der Waals surface area contributed by atoms with Crippen LogP contribution in [0, 0.1) is 0 Å². The average molecular weight is 436 g/mol. The summed E-state index contributed by atoms with van der Waals surface area (Å²) >= 11 is 0. The van der Waals surface area contributed by atoms with Crippen molar-refractivity contribution in [2.45, 2.75) is 20.8 Å². The van der Waals surface area contributed by atoms with E-state index in [-0.39, 0.29) is 34.0 Å². The number of methoxy groups -OCH3 is 1. The molecule has 0 aromatic heterocycles. The van der Waals surface area contributed by atoms with E-state index in [2.05, 4.69) is 19.7 Å². The molecule has 0 N–H and O–H groups in total. The van der Waals surface area contributed by atoms with E-state index < -0.39 is 17.9 Å². The molecule has 2 aromatic carbocycles. The summed E-state index contributed by atoms with van der Waals surface area (Å²) in [4.78, 5) is 36.0. The molecule has 0 radical (unpaired) electrons. The third-order valence-electron chi connectivity index (χ3n) is 4.09. The molecule has 0 amide bonds. The number of carbonyl (C=O) groups excluding carboxylic acids is 3. The van der Waals surface area contributed by atoms with E-state index in [1.807, 2.05) is 0 Å². The smallest absolute Gasteiger partial charge is 0.338 e. The van der Waals surface area contributed by atoms with Gasteiger partial charge in [0, 0.05) is 16.7 Å². The van der Waals surface area contributed by atoms with E-state index in [0.717, 1.165) is 0 Å². The summed E-state index contributed by atoms with van der Waals surface area (Å²) in [5, 5.41) is 0. The lowest BCUT2D eigenvalue weighted by atomic mass is 10.0. The van der Waals surface area contributed by atoms with E-state index in [1.54, 1.807) is 24.3 Å². The van der Waals surface area contributed by atoms with Gasteiger partial charge in [0.1, 0.15) is 0 Å². The summed E-state index contributed by atoms with van der Waals surface area (Å²) in [6, 6.07) is 9.63. The molecule has 0 unspecified atom stereocenters. The molecular weight excluding hydrogens is 412 g/mol. The Hall–Kier alpha value is -4.13. The van der Waals surface area contributed by atoms with Crippen LogP contribution in [0.1, 0.15) is 20.8 Å². The van der Waals surface area contributed by atoms with E-state index in [1.165, 1.54) is 40.0 Å². The molecule has 0 atom stereocenters. The largest absolute Gasteiger partial charge is 0.493 e. The molecule has 2 aromatic rings. The highest BCUT2D eigenvalue weighted by atomic mass is 16.6. The standard InChI is InChI=1S/C25H24O7/c1-14(2)23(26)30-20-11-9-18(13-22(20)32-25(28)16(5)6)17-8-10-19(29-7)21(12-17)31-24(27)15(3)4/h8-13H,1,3,5H2,2,4,6-7H3. The Morgan fingerprint density at radius 3 is 1.31 bits per heavy atom. The maximum Gasteiger partial charge on any atom is 0.338 e. The fourth-order valence-electron chi connectivity index (χ4n) is 2.35. The van der Waals surface area contributed by atoms with Crippen LogP contribution in [0.15, 0.2) is 72.9 Å². The summed E-state index contributed by atoms with van der Waals surface area (Å²) in [5.41, 5.74) is 1.81. The molecule has 0 saturated carbocycles. The van der Waals surface area contributed by atoms with Gasteiger partial charge in [-0.05, 0) is 56.2 Å². The quantitative estimate of drug-likeness (QED) is 0.333. The van der Waals surface area contributed by atoms with Crippen LogP contribution in [-0.4, -0.2) is 25.0 Å². The van der Waals surface area contributed by atoms with E-state index in [9.17, 15) is 14.4 Å². The fraction of sp³-hybridized carbons (Fsp3) is 0.160.